The molecule has 0 heterocycles. The maximum Gasteiger partial charge on any atom is 0.254 e. The van der Waals surface area contributed by atoms with Crippen LogP contribution in [-0.2, 0) is 0 Å². The zero-order valence-electron chi connectivity index (χ0n) is 8.84. The number of hydrogen-bond donors (Lipinski definition) is 2. The van der Waals surface area contributed by atoms with Gasteiger partial charge in [0.2, 0.25) is 0 Å². The van der Waals surface area contributed by atoms with Gasteiger partial charge in [-0.05, 0) is 31.5 Å². The number of carbonyl (C=O) groups excluding carboxylic acids is 1. The van der Waals surface area contributed by atoms with Gasteiger partial charge >= 0.3 is 0 Å². The summed E-state index contributed by atoms with van der Waals surface area (Å²) in [6.07, 6.45) is 0.364. The summed E-state index contributed by atoms with van der Waals surface area (Å²) in [6, 6.07) is 2.40. The van der Waals surface area contributed by atoms with Crippen LogP contribution in [0, 0.1) is 11.6 Å². The molecule has 0 radical (unpaired) electrons. The molecule has 0 fully saturated rings. The number of carbonyl (C=O) groups is 1. The molecule has 0 aliphatic rings. The SMILES string of the molecule is CC(CCO)NC(=O)c1cc(F)ccc1F. The Labute approximate surface area is 92.1 Å². The zero-order chi connectivity index (χ0) is 12.1. The van der Waals surface area contributed by atoms with Gasteiger partial charge in [0.25, 0.3) is 5.91 Å². The molecule has 1 aromatic rings. The molecule has 16 heavy (non-hydrogen) atoms. The number of aliphatic hydroxyl groups excluding tert-OH is 1. The van der Waals surface area contributed by atoms with Gasteiger partial charge in [-0.15, -0.1) is 0 Å². The van der Waals surface area contributed by atoms with Crippen molar-refractivity contribution in [3.8, 4) is 0 Å². The fourth-order valence-corrected chi connectivity index (χ4v) is 1.24. The predicted octanol–water partition coefficient (Wildman–Crippen LogP) is 1.47. The molecule has 0 aliphatic carbocycles. The Hall–Kier alpha value is -1.49. The lowest BCUT2D eigenvalue weighted by Crippen LogP contribution is -2.33. The summed E-state index contributed by atoms with van der Waals surface area (Å²) in [7, 11) is 0. The van der Waals surface area contributed by atoms with Crippen LogP contribution >= 0.6 is 0 Å². The minimum absolute atomic E-state index is 0.0763. The Kier molecular flexibility index (Phi) is 4.37. The van der Waals surface area contributed by atoms with Crippen LogP contribution in [0.25, 0.3) is 0 Å². The number of amides is 1. The van der Waals surface area contributed by atoms with Crippen molar-refractivity contribution in [2.24, 2.45) is 0 Å². The quantitative estimate of drug-likeness (QED) is 0.821. The molecule has 0 saturated heterocycles. The Bertz CT molecular complexity index is 382. The van der Waals surface area contributed by atoms with Crippen LogP contribution in [0.1, 0.15) is 23.7 Å². The molecular formula is C11H13F2NO2. The van der Waals surface area contributed by atoms with Crippen molar-refractivity contribution in [1.29, 1.82) is 0 Å². The first-order valence-electron chi connectivity index (χ1n) is 4.91. The average molecular weight is 229 g/mol. The summed E-state index contributed by atoms with van der Waals surface area (Å²) in [5.74, 6) is -2.12. The van der Waals surface area contributed by atoms with E-state index in [4.69, 9.17) is 5.11 Å². The lowest BCUT2D eigenvalue weighted by Gasteiger charge is -2.12. The zero-order valence-corrected chi connectivity index (χ0v) is 8.84. The van der Waals surface area contributed by atoms with E-state index in [2.05, 4.69) is 5.32 Å². The topological polar surface area (TPSA) is 49.3 Å². The van der Waals surface area contributed by atoms with E-state index in [9.17, 15) is 13.6 Å². The van der Waals surface area contributed by atoms with E-state index in [1.54, 1.807) is 6.92 Å². The fourth-order valence-electron chi connectivity index (χ4n) is 1.24. The second-order valence-electron chi connectivity index (χ2n) is 3.51. The van der Waals surface area contributed by atoms with Gasteiger partial charge in [-0.1, -0.05) is 0 Å². The van der Waals surface area contributed by atoms with E-state index < -0.39 is 17.5 Å². The molecule has 0 spiro atoms. The number of hydrogen-bond acceptors (Lipinski definition) is 2. The van der Waals surface area contributed by atoms with Crippen LogP contribution < -0.4 is 5.32 Å². The summed E-state index contributed by atoms with van der Waals surface area (Å²) in [5.41, 5.74) is -0.329. The van der Waals surface area contributed by atoms with Gasteiger partial charge in [-0.3, -0.25) is 4.79 Å². The van der Waals surface area contributed by atoms with Crippen molar-refractivity contribution in [2.75, 3.05) is 6.61 Å². The highest BCUT2D eigenvalue weighted by Crippen LogP contribution is 2.09. The highest BCUT2D eigenvalue weighted by atomic mass is 19.1. The first-order valence-corrected chi connectivity index (χ1v) is 4.91. The number of aliphatic hydroxyl groups is 1. The summed E-state index contributed by atoms with van der Waals surface area (Å²) in [5, 5.41) is 11.1. The van der Waals surface area contributed by atoms with E-state index in [0.29, 0.717) is 6.42 Å². The molecule has 0 bridgehead atoms. The summed E-state index contributed by atoms with van der Waals surface area (Å²) in [6.45, 7) is 1.60. The highest BCUT2D eigenvalue weighted by Gasteiger charge is 2.14. The van der Waals surface area contributed by atoms with Gasteiger partial charge in [0.15, 0.2) is 0 Å². The fraction of sp³-hybridized carbons (Fsp3) is 0.364. The van der Waals surface area contributed by atoms with Gasteiger partial charge in [0.05, 0.1) is 5.56 Å². The van der Waals surface area contributed by atoms with Crippen LogP contribution in [-0.4, -0.2) is 23.7 Å². The molecule has 1 unspecified atom stereocenters. The van der Waals surface area contributed by atoms with Gasteiger partial charge in [-0.2, -0.15) is 0 Å². The standard InChI is InChI=1S/C11H13F2NO2/c1-7(4-5-15)14-11(16)9-6-8(12)2-3-10(9)13/h2-3,6-7,15H,4-5H2,1H3,(H,14,16). The second kappa shape index (κ2) is 5.55. The molecule has 0 aliphatic heterocycles. The lowest BCUT2D eigenvalue weighted by molar-refractivity contribution is 0.0930. The minimum Gasteiger partial charge on any atom is -0.396 e. The molecule has 3 nitrogen and oxygen atoms in total. The minimum atomic E-state index is -0.768. The van der Waals surface area contributed by atoms with E-state index >= 15 is 0 Å². The smallest absolute Gasteiger partial charge is 0.254 e. The van der Waals surface area contributed by atoms with Crippen LogP contribution in [0.15, 0.2) is 18.2 Å². The normalized spacial score (nSPS) is 12.2. The molecule has 0 aromatic heterocycles. The first-order chi connectivity index (χ1) is 7.54. The van der Waals surface area contributed by atoms with Gasteiger partial charge in [0, 0.05) is 12.6 Å². The third-order valence-corrected chi connectivity index (χ3v) is 2.11. The van der Waals surface area contributed by atoms with Crippen LogP contribution in [0.2, 0.25) is 0 Å². The molecule has 0 saturated carbocycles. The Balaban J connectivity index is 2.76. The lowest BCUT2D eigenvalue weighted by atomic mass is 10.1. The molecule has 5 heteroatoms. The third kappa shape index (κ3) is 3.27. The molecule has 1 atom stereocenters. The number of nitrogens with one attached hydrogen (secondary N) is 1. The van der Waals surface area contributed by atoms with E-state index in [0.717, 1.165) is 18.2 Å². The molecule has 1 aromatic carbocycles. The predicted molar refractivity (Wildman–Crippen MR) is 55.0 cm³/mol. The van der Waals surface area contributed by atoms with Crippen molar-refractivity contribution < 1.29 is 18.7 Å². The van der Waals surface area contributed by atoms with Crippen LogP contribution in [0.5, 0.6) is 0 Å². The Morgan fingerprint density at radius 3 is 2.81 bits per heavy atom. The van der Waals surface area contributed by atoms with E-state index in [1.807, 2.05) is 0 Å². The first kappa shape index (κ1) is 12.6. The number of benzene rings is 1. The highest BCUT2D eigenvalue weighted by molar-refractivity contribution is 5.94. The van der Waals surface area contributed by atoms with E-state index in [-0.39, 0.29) is 18.2 Å². The second-order valence-corrected chi connectivity index (χ2v) is 3.51. The maximum atomic E-state index is 13.2. The molecular weight excluding hydrogens is 216 g/mol. The van der Waals surface area contributed by atoms with Crippen molar-refractivity contribution in [2.45, 2.75) is 19.4 Å². The maximum absolute atomic E-state index is 13.2. The number of rotatable bonds is 4. The van der Waals surface area contributed by atoms with Crippen molar-refractivity contribution >= 4 is 5.91 Å². The third-order valence-electron chi connectivity index (χ3n) is 2.11. The van der Waals surface area contributed by atoms with Gasteiger partial charge in [0.1, 0.15) is 11.6 Å². The monoisotopic (exact) mass is 229 g/mol. The van der Waals surface area contributed by atoms with Crippen LogP contribution in [0.3, 0.4) is 0 Å². The average Bonchev–Trinajstić information content (AvgIpc) is 2.21. The van der Waals surface area contributed by atoms with E-state index in [1.165, 1.54) is 0 Å². The number of halogens is 2. The van der Waals surface area contributed by atoms with Crippen molar-refractivity contribution in [3.63, 3.8) is 0 Å². The van der Waals surface area contributed by atoms with Gasteiger partial charge in [-0.25, -0.2) is 8.78 Å². The van der Waals surface area contributed by atoms with Crippen molar-refractivity contribution in [3.05, 3.63) is 35.4 Å². The Morgan fingerprint density at radius 2 is 2.19 bits per heavy atom. The van der Waals surface area contributed by atoms with Crippen molar-refractivity contribution in [1.82, 2.24) is 5.32 Å². The summed E-state index contributed by atoms with van der Waals surface area (Å²) < 4.78 is 26.0. The largest absolute Gasteiger partial charge is 0.396 e. The molecule has 1 rings (SSSR count). The summed E-state index contributed by atoms with van der Waals surface area (Å²) in [4.78, 5) is 11.5. The molecule has 1 amide bonds. The van der Waals surface area contributed by atoms with Crippen LogP contribution in [0.4, 0.5) is 8.78 Å². The Morgan fingerprint density at radius 1 is 1.50 bits per heavy atom. The molecule has 88 valence electrons. The summed E-state index contributed by atoms with van der Waals surface area (Å²) >= 11 is 0. The molecule has 2 N–H and O–H groups in total. The van der Waals surface area contributed by atoms with Gasteiger partial charge < -0.3 is 10.4 Å².